The first-order chi connectivity index (χ1) is 11.6. The molecule has 2 amide bonds. The number of methoxy groups -OCH3 is 1. The van der Waals surface area contributed by atoms with Crippen molar-refractivity contribution in [3.05, 3.63) is 42.2 Å². The fraction of sp³-hybridized carbons (Fsp3) is 0.294. The van der Waals surface area contributed by atoms with Gasteiger partial charge in [-0.15, -0.1) is 0 Å². The summed E-state index contributed by atoms with van der Waals surface area (Å²) in [5.41, 5.74) is 7.29. The second-order valence-electron chi connectivity index (χ2n) is 5.55. The number of hydrogen-bond donors (Lipinski definition) is 1. The third-order valence-corrected chi connectivity index (χ3v) is 4.11. The molecule has 0 spiro atoms. The zero-order valence-electron chi connectivity index (χ0n) is 13.3. The van der Waals surface area contributed by atoms with Crippen LogP contribution < -0.4 is 10.5 Å². The van der Waals surface area contributed by atoms with Gasteiger partial charge in [-0.2, -0.15) is 0 Å². The Balaban J connectivity index is 1.84. The van der Waals surface area contributed by atoms with Crippen LogP contribution in [-0.4, -0.2) is 46.4 Å². The molecule has 1 aliphatic rings. The fourth-order valence-electron chi connectivity index (χ4n) is 2.91. The summed E-state index contributed by atoms with van der Waals surface area (Å²) >= 11 is 0. The number of nitrogens with two attached hydrogens (primary N) is 1. The molecule has 1 unspecified atom stereocenters. The first kappa shape index (κ1) is 15.9. The van der Waals surface area contributed by atoms with Gasteiger partial charge in [0.25, 0.3) is 5.91 Å². The highest BCUT2D eigenvalue weighted by Crippen LogP contribution is 2.26. The lowest BCUT2D eigenvalue weighted by atomic mass is 10.1. The Morgan fingerprint density at radius 3 is 2.58 bits per heavy atom. The van der Waals surface area contributed by atoms with Crippen molar-refractivity contribution in [2.75, 3.05) is 13.7 Å². The highest BCUT2D eigenvalue weighted by atomic mass is 16.5. The predicted molar refractivity (Wildman–Crippen MR) is 87.3 cm³/mol. The van der Waals surface area contributed by atoms with Crippen LogP contribution in [0.1, 0.15) is 23.2 Å². The molecule has 1 atom stereocenters. The summed E-state index contributed by atoms with van der Waals surface area (Å²) in [6.45, 7) is 0.548. The lowest BCUT2D eigenvalue weighted by molar-refractivity contribution is -0.121. The van der Waals surface area contributed by atoms with Crippen molar-refractivity contribution in [3.63, 3.8) is 0 Å². The van der Waals surface area contributed by atoms with Crippen LogP contribution in [-0.2, 0) is 4.79 Å². The molecule has 124 valence electrons. The van der Waals surface area contributed by atoms with Crippen molar-refractivity contribution in [3.8, 4) is 17.1 Å². The summed E-state index contributed by atoms with van der Waals surface area (Å²) in [6.07, 6.45) is 4.54. The van der Waals surface area contributed by atoms with E-state index in [1.54, 1.807) is 41.6 Å². The quantitative estimate of drug-likeness (QED) is 0.911. The molecule has 0 bridgehead atoms. The molecular weight excluding hydrogens is 308 g/mol. The average molecular weight is 326 g/mol. The van der Waals surface area contributed by atoms with Gasteiger partial charge < -0.3 is 15.4 Å². The Bertz CT molecular complexity index is 761. The van der Waals surface area contributed by atoms with Crippen LogP contribution >= 0.6 is 0 Å². The minimum Gasteiger partial charge on any atom is -0.479 e. The highest BCUT2D eigenvalue weighted by molar-refractivity contribution is 5.98. The van der Waals surface area contributed by atoms with Gasteiger partial charge in [0, 0.05) is 30.1 Å². The van der Waals surface area contributed by atoms with Crippen molar-refractivity contribution in [1.82, 2.24) is 14.9 Å². The van der Waals surface area contributed by atoms with E-state index in [0.717, 1.165) is 12.0 Å². The molecule has 2 N–H and O–H groups in total. The van der Waals surface area contributed by atoms with Crippen LogP contribution in [0.4, 0.5) is 0 Å². The summed E-state index contributed by atoms with van der Waals surface area (Å²) in [5.74, 6) is -0.222. The topological polar surface area (TPSA) is 98.4 Å². The normalized spacial score (nSPS) is 16.9. The number of aromatic nitrogens is 2. The van der Waals surface area contributed by atoms with Gasteiger partial charge >= 0.3 is 0 Å². The molecule has 7 heteroatoms. The number of rotatable bonds is 4. The minimum atomic E-state index is -0.516. The van der Waals surface area contributed by atoms with Crippen molar-refractivity contribution >= 4 is 11.8 Å². The van der Waals surface area contributed by atoms with Crippen LogP contribution in [0.5, 0.6) is 5.88 Å². The summed E-state index contributed by atoms with van der Waals surface area (Å²) in [7, 11) is 1.53. The number of ether oxygens (including phenoxy) is 1. The number of primary amides is 1. The van der Waals surface area contributed by atoms with E-state index in [1.807, 2.05) is 0 Å². The van der Waals surface area contributed by atoms with Crippen LogP contribution in [0.15, 0.2) is 36.7 Å². The number of carbonyl (C=O) groups excluding carboxylic acids is 2. The van der Waals surface area contributed by atoms with Crippen LogP contribution in [0.2, 0.25) is 0 Å². The Morgan fingerprint density at radius 1 is 1.21 bits per heavy atom. The van der Waals surface area contributed by atoms with E-state index in [4.69, 9.17) is 10.5 Å². The van der Waals surface area contributed by atoms with Crippen LogP contribution in [0.25, 0.3) is 11.3 Å². The standard InChI is InChI=1S/C17H18N4O3/c1-24-16-14(19-8-9-20-16)11-4-6-12(7-5-11)17(23)21-10-2-3-13(21)15(18)22/h4-9,13H,2-3,10H2,1H3,(H2,18,22). The molecule has 0 saturated carbocycles. The van der Waals surface area contributed by atoms with Gasteiger partial charge in [0.05, 0.1) is 7.11 Å². The summed E-state index contributed by atoms with van der Waals surface area (Å²) in [4.78, 5) is 34.0. The van der Waals surface area contributed by atoms with Crippen molar-refractivity contribution in [2.24, 2.45) is 5.73 Å². The zero-order valence-corrected chi connectivity index (χ0v) is 13.3. The molecule has 24 heavy (non-hydrogen) atoms. The van der Waals surface area contributed by atoms with E-state index in [2.05, 4.69) is 9.97 Å². The molecule has 1 aromatic carbocycles. The molecule has 1 aromatic heterocycles. The molecule has 0 radical (unpaired) electrons. The average Bonchev–Trinajstić information content (AvgIpc) is 3.11. The lowest BCUT2D eigenvalue weighted by Crippen LogP contribution is -2.43. The molecular formula is C17H18N4O3. The zero-order chi connectivity index (χ0) is 17.1. The van der Waals surface area contributed by atoms with Crippen LogP contribution in [0.3, 0.4) is 0 Å². The van der Waals surface area contributed by atoms with Gasteiger partial charge in [-0.05, 0) is 25.0 Å². The van der Waals surface area contributed by atoms with Crippen molar-refractivity contribution in [2.45, 2.75) is 18.9 Å². The number of carbonyl (C=O) groups is 2. The van der Waals surface area contributed by atoms with Gasteiger partial charge in [0.2, 0.25) is 11.8 Å². The van der Waals surface area contributed by atoms with E-state index in [9.17, 15) is 9.59 Å². The number of benzene rings is 1. The van der Waals surface area contributed by atoms with Gasteiger partial charge in [-0.1, -0.05) is 12.1 Å². The van der Waals surface area contributed by atoms with Gasteiger partial charge in [0.15, 0.2) is 0 Å². The Kier molecular flexibility index (Phi) is 4.41. The molecule has 0 aliphatic carbocycles. The van der Waals surface area contributed by atoms with E-state index < -0.39 is 11.9 Å². The summed E-state index contributed by atoms with van der Waals surface area (Å²) < 4.78 is 5.20. The molecule has 1 saturated heterocycles. The second-order valence-corrected chi connectivity index (χ2v) is 5.55. The molecule has 2 heterocycles. The number of nitrogens with zero attached hydrogens (tertiary/aromatic N) is 3. The summed E-state index contributed by atoms with van der Waals surface area (Å²) in [6, 6.07) is 6.48. The van der Waals surface area contributed by atoms with E-state index in [-0.39, 0.29) is 5.91 Å². The van der Waals surface area contributed by atoms with Crippen molar-refractivity contribution < 1.29 is 14.3 Å². The van der Waals surface area contributed by atoms with E-state index >= 15 is 0 Å². The fourth-order valence-corrected chi connectivity index (χ4v) is 2.91. The first-order valence-electron chi connectivity index (χ1n) is 7.67. The number of hydrogen-bond acceptors (Lipinski definition) is 5. The SMILES string of the molecule is COc1nccnc1-c1ccc(C(=O)N2CCCC2C(N)=O)cc1. The monoisotopic (exact) mass is 326 g/mol. The Morgan fingerprint density at radius 2 is 1.92 bits per heavy atom. The number of amides is 2. The molecule has 3 rings (SSSR count). The third kappa shape index (κ3) is 2.92. The van der Waals surface area contributed by atoms with E-state index in [0.29, 0.717) is 30.1 Å². The maximum absolute atomic E-state index is 12.6. The Hall–Kier alpha value is -2.96. The number of likely N-dealkylation sites (tertiary alicyclic amines) is 1. The smallest absolute Gasteiger partial charge is 0.254 e. The van der Waals surface area contributed by atoms with Crippen LogP contribution in [0, 0.1) is 0 Å². The largest absolute Gasteiger partial charge is 0.479 e. The third-order valence-electron chi connectivity index (χ3n) is 4.11. The molecule has 2 aromatic rings. The van der Waals surface area contributed by atoms with Gasteiger partial charge in [-0.3, -0.25) is 9.59 Å². The van der Waals surface area contributed by atoms with Crippen molar-refractivity contribution in [1.29, 1.82) is 0 Å². The highest BCUT2D eigenvalue weighted by Gasteiger charge is 2.33. The molecule has 1 fully saturated rings. The lowest BCUT2D eigenvalue weighted by Gasteiger charge is -2.22. The van der Waals surface area contributed by atoms with E-state index in [1.165, 1.54) is 7.11 Å². The maximum atomic E-state index is 12.6. The second kappa shape index (κ2) is 6.66. The van der Waals surface area contributed by atoms with Gasteiger partial charge in [-0.25, -0.2) is 9.97 Å². The Labute approximate surface area is 139 Å². The first-order valence-corrected chi connectivity index (χ1v) is 7.67. The predicted octanol–water partition coefficient (Wildman–Crippen LogP) is 1.24. The minimum absolute atomic E-state index is 0.186. The molecule has 1 aliphatic heterocycles. The maximum Gasteiger partial charge on any atom is 0.254 e. The molecule has 7 nitrogen and oxygen atoms in total. The van der Waals surface area contributed by atoms with Gasteiger partial charge in [0.1, 0.15) is 11.7 Å². The summed E-state index contributed by atoms with van der Waals surface area (Å²) in [5, 5.41) is 0.